The molecule has 412 valence electrons. The molecule has 21 heteroatoms. The molecule has 7 rings (SSSR count). The first-order valence-electron chi connectivity index (χ1n) is 23.7. The van der Waals surface area contributed by atoms with Crippen LogP contribution in [0.3, 0.4) is 0 Å². The van der Waals surface area contributed by atoms with Crippen molar-refractivity contribution in [1.82, 2.24) is 0 Å². The van der Waals surface area contributed by atoms with Crippen molar-refractivity contribution in [2.75, 3.05) is 59.8 Å². The maximum atomic E-state index is 13.6. The Hall–Kier alpha value is -8.88. The second kappa shape index (κ2) is 27.3. The molecule has 7 aromatic carbocycles. The lowest BCUT2D eigenvalue weighted by Crippen LogP contribution is -2.18. The Labute approximate surface area is 444 Å². The Morgan fingerprint density at radius 2 is 0.782 bits per heavy atom. The van der Waals surface area contributed by atoms with Gasteiger partial charge in [0.05, 0.1) is 38.0 Å². The molecule has 0 bridgehead atoms. The standard InChI is InChI=1S/C22H19F3N2O2.C18H19F3N2O2.C17H17F3N2O2/c1-29-18-9-5-8-17(13-18)27-21(28)16-10-11-20(19(12-16)22(23,24)25)26-14-15-6-3-2-4-7-15;1-11(2)22-16-8-7-12(9-15(16)18(19,20)21)17(24)23-13-5-4-6-14(10-13)25-3;1-3-21-15-8-7-11(9-14(15)17(18,19)20)16(23)22-12-5-4-6-13(10-12)24-2/h2-13,26H,14H2,1H3,(H,27,28);4-11,22H,1-3H3,(H,23,24);4-10,21H,3H2,1-2H3,(H,22,23). The van der Waals surface area contributed by atoms with E-state index < -0.39 is 52.9 Å². The Balaban J connectivity index is 0.000000217. The number of carbonyl (C=O) groups is 3. The van der Waals surface area contributed by atoms with Crippen LogP contribution in [-0.2, 0) is 25.1 Å². The first-order chi connectivity index (χ1) is 36.9. The maximum Gasteiger partial charge on any atom is 0.418 e. The lowest BCUT2D eigenvalue weighted by Gasteiger charge is -2.18. The van der Waals surface area contributed by atoms with Crippen LogP contribution in [0.4, 0.5) is 73.6 Å². The molecule has 0 unspecified atom stereocenters. The normalized spacial score (nSPS) is 11.1. The average molecular weight is 1090 g/mol. The smallest absolute Gasteiger partial charge is 0.418 e. The molecule has 78 heavy (non-hydrogen) atoms. The zero-order valence-electron chi connectivity index (χ0n) is 42.9. The molecule has 0 aromatic heterocycles. The lowest BCUT2D eigenvalue weighted by molar-refractivity contribution is -0.137. The summed E-state index contributed by atoms with van der Waals surface area (Å²) < 4.78 is 135. The molecule has 7 aromatic rings. The van der Waals surface area contributed by atoms with Gasteiger partial charge in [-0.25, -0.2) is 0 Å². The van der Waals surface area contributed by atoms with Crippen LogP contribution in [0.2, 0.25) is 0 Å². The van der Waals surface area contributed by atoms with Gasteiger partial charge in [-0.1, -0.05) is 48.5 Å². The molecule has 0 saturated heterocycles. The Bertz CT molecular complexity index is 3130. The number of hydrogen-bond donors (Lipinski definition) is 6. The zero-order valence-corrected chi connectivity index (χ0v) is 42.9. The van der Waals surface area contributed by atoms with E-state index in [0.29, 0.717) is 40.9 Å². The van der Waals surface area contributed by atoms with Crippen molar-refractivity contribution in [3.8, 4) is 17.2 Å². The highest BCUT2D eigenvalue weighted by molar-refractivity contribution is 6.06. The molecule has 0 aliphatic carbocycles. The maximum absolute atomic E-state index is 13.6. The van der Waals surface area contributed by atoms with Gasteiger partial charge in [0.2, 0.25) is 0 Å². The van der Waals surface area contributed by atoms with Gasteiger partial charge in [-0.15, -0.1) is 0 Å². The number of carbonyl (C=O) groups excluding carboxylic acids is 3. The molecule has 0 radical (unpaired) electrons. The summed E-state index contributed by atoms with van der Waals surface area (Å²) in [5, 5.41) is 15.9. The number of alkyl halides is 9. The summed E-state index contributed by atoms with van der Waals surface area (Å²) >= 11 is 0. The first kappa shape index (κ1) is 60.0. The van der Waals surface area contributed by atoms with E-state index in [1.807, 2.05) is 30.3 Å². The van der Waals surface area contributed by atoms with Gasteiger partial charge in [-0.2, -0.15) is 39.5 Å². The highest BCUT2D eigenvalue weighted by Crippen LogP contribution is 2.38. The van der Waals surface area contributed by atoms with Gasteiger partial charge in [0.1, 0.15) is 17.2 Å². The van der Waals surface area contributed by atoms with E-state index in [0.717, 1.165) is 23.8 Å². The second-order valence-electron chi connectivity index (χ2n) is 17.0. The number of methoxy groups -OCH3 is 3. The number of anilines is 6. The number of amides is 3. The van der Waals surface area contributed by atoms with Crippen LogP contribution < -0.4 is 46.1 Å². The number of rotatable bonds is 16. The van der Waals surface area contributed by atoms with E-state index in [4.69, 9.17) is 14.2 Å². The molecule has 0 aliphatic rings. The van der Waals surface area contributed by atoms with Crippen molar-refractivity contribution < 1.29 is 68.1 Å². The molecule has 0 heterocycles. The molecule has 0 atom stereocenters. The van der Waals surface area contributed by atoms with Gasteiger partial charge < -0.3 is 46.1 Å². The average Bonchev–Trinajstić information content (AvgIpc) is 3.44. The van der Waals surface area contributed by atoms with Crippen LogP contribution in [0.5, 0.6) is 17.2 Å². The summed E-state index contributed by atoms with van der Waals surface area (Å²) in [6.07, 6.45) is -13.7. The summed E-state index contributed by atoms with van der Waals surface area (Å²) in [4.78, 5) is 37.0. The van der Waals surface area contributed by atoms with Crippen LogP contribution in [0, 0.1) is 0 Å². The zero-order chi connectivity index (χ0) is 57.2. The molecular weight excluding hydrogens is 1040 g/mol. The van der Waals surface area contributed by atoms with Crippen LogP contribution in [0.25, 0.3) is 0 Å². The first-order valence-corrected chi connectivity index (χ1v) is 23.7. The van der Waals surface area contributed by atoms with E-state index in [2.05, 4.69) is 31.9 Å². The predicted molar refractivity (Wildman–Crippen MR) is 284 cm³/mol. The monoisotopic (exact) mass is 1090 g/mol. The fraction of sp³-hybridized carbons (Fsp3) is 0.211. The summed E-state index contributed by atoms with van der Waals surface area (Å²) in [6, 6.07) is 39.0. The van der Waals surface area contributed by atoms with Gasteiger partial charge in [-0.3, -0.25) is 14.4 Å². The molecule has 12 nitrogen and oxygen atoms in total. The van der Waals surface area contributed by atoms with Gasteiger partial charge in [0, 0.05) is 88.1 Å². The molecule has 0 saturated carbocycles. The van der Waals surface area contributed by atoms with Gasteiger partial charge in [0.25, 0.3) is 17.7 Å². The molecule has 3 amide bonds. The van der Waals surface area contributed by atoms with E-state index >= 15 is 0 Å². The van der Waals surface area contributed by atoms with E-state index in [9.17, 15) is 53.9 Å². The summed E-state index contributed by atoms with van der Waals surface area (Å²) in [7, 11) is 4.45. The van der Waals surface area contributed by atoms with Crippen LogP contribution in [0.15, 0.2) is 158 Å². The van der Waals surface area contributed by atoms with Gasteiger partial charge in [0.15, 0.2) is 0 Å². The van der Waals surface area contributed by atoms with Crippen molar-refractivity contribution in [2.45, 2.75) is 51.9 Å². The van der Waals surface area contributed by atoms with Crippen molar-refractivity contribution in [1.29, 1.82) is 0 Å². The summed E-state index contributed by atoms with van der Waals surface area (Å²) in [5.74, 6) is -0.305. The van der Waals surface area contributed by atoms with Crippen molar-refractivity contribution in [3.05, 3.63) is 197 Å². The Morgan fingerprint density at radius 3 is 1.12 bits per heavy atom. The van der Waals surface area contributed by atoms with Crippen LogP contribution in [-0.4, -0.2) is 51.6 Å². The second-order valence-corrected chi connectivity index (χ2v) is 17.0. The highest BCUT2D eigenvalue weighted by Gasteiger charge is 2.36. The van der Waals surface area contributed by atoms with Crippen molar-refractivity contribution >= 4 is 51.8 Å². The lowest BCUT2D eigenvalue weighted by atomic mass is 10.1. The molecule has 0 aliphatic heterocycles. The number of nitrogens with one attached hydrogen (secondary N) is 6. The molecule has 6 N–H and O–H groups in total. The number of hydrogen-bond acceptors (Lipinski definition) is 9. The Morgan fingerprint density at radius 1 is 0.436 bits per heavy atom. The minimum Gasteiger partial charge on any atom is -0.497 e. The summed E-state index contributed by atoms with van der Waals surface area (Å²) in [6.45, 7) is 5.76. The SMILES string of the molecule is CCNc1ccc(C(=O)Nc2cccc(OC)c2)cc1C(F)(F)F.COc1cccc(NC(=O)c2ccc(NC(C)C)c(C(F)(F)F)c2)c1.COc1cccc(NC(=O)c2ccc(NCc3ccccc3)c(C(F)(F)F)c2)c1. The van der Waals surface area contributed by atoms with E-state index in [1.165, 1.54) is 57.7 Å². The van der Waals surface area contributed by atoms with Gasteiger partial charge in [-0.05, 0) is 117 Å². The van der Waals surface area contributed by atoms with Crippen LogP contribution >= 0.6 is 0 Å². The highest BCUT2D eigenvalue weighted by atomic mass is 19.4. The minimum atomic E-state index is -4.61. The predicted octanol–water partition coefficient (Wildman–Crippen LogP) is 14.8. The van der Waals surface area contributed by atoms with Crippen molar-refractivity contribution in [2.24, 2.45) is 0 Å². The topological polar surface area (TPSA) is 151 Å². The number of halogens is 9. The molecule has 0 fully saturated rings. The molecular formula is C57H55F9N6O6. The van der Waals surface area contributed by atoms with E-state index in [1.54, 1.807) is 93.6 Å². The fourth-order valence-electron chi connectivity index (χ4n) is 7.20. The third kappa shape index (κ3) is 17.9. The molecule has 0 spiro atoms. The number of ether oxygens (including phenoxy) is 3. The van der Waals surface area contributed by atoms with Crippen molar-refractivity contribution in [3.63, 3.8) is 0 Å². The van der Waals surface area contributed by atoms with Gasteiger partial charge >= 0.3 is 18.5 Å². The van der Waals surface area contributed by atoms with Crippen LogP contribution in [0.1, 0.15) is 74.1 Å². The minimum absolute atomic E-state index is 0.0528. The third-order valence-corrected chi connectivity index (χ3v) is 10.9. The Kier molecular flexibility index (Phi) is 21.0. The number of benzene rings is 7. The quantitative estimate of drug-likeness (QED) is 0.0520. The summed E-state index contributed by atoms with van der Waals surface area (Å²) in [5.41, 5.74) is -0.946. The van der Waals surface area contributed by atoms with E-state index in [-0.39, 0.29) is 46.3 Å². The third-order valence-electron chi connectivity index (χ3n) is 10.9. The fourth-order valence-corrected chi connectivity index (χ4v) is 7.20. The largest absolute Gasteiger partial charge is 0.497 e.